The fourth-order valence-corrected chi connectivity index (χ4v) is 5.38. The van der Waals surface area contributed by atoms with Crippen LogP contribution in [-0.4, -0.2) is 41.9 Å². The van der Waals surface area contributed by atoms with Crippen LogP contribution in [0.2, 0.25) is 5.02 Å². The van der Waals surface area contributed by atoms with E-state index in [9.17, 15) is 13.2 Å². The van der Waals surface area contributed by atoms with Crippen molar-refractivity contribution in [1.29, 1.82) is 0 Å². The number of hydrogen-bond donors (Lipinski definition) is 2. The molecule has 146 valence electrons. The monoisotopic (exact) mass is 410 g/mol. The number of aromatic amines is 1. The highest BCUT2D eigenvalue weighted by atomic mass is 35.5. The number of rotatable bonds is 4. The molecular formula is C18H23ClN4O3S. The molecule has 1 aromatic carbocycles. The number of aromatic nitrogens is 2. The van der Waals surface area contributed by atoms with Gasteiger partial charge in [-0.25, -0.2) is 8.42 Å². The minimum absolute atomic E-state index is 0.151. The first-order valence-corrected chi connectivity index (χ1v) is 10.6. The number of aryl methyl sites for hydroxylation is 3. The van der Waals surface area contributed by atoms with Gasteiger partial charge in [0.25, 0.3) is 0 Å². The highest BCUT2D eigenvalue weighted by Gasteiger charge is 2.35. The molecule has 1 aliphatic rings. The van der Waals surface area contributed by atoms with E-state index in [-0.39, 0.29) is 17.3 Å². The smallest absolute Gasteiger partial charge is 0.246 e. The molecule has 1 aromatic heterocycles. The van der Waals surface area contributed by atoms with Crippen molar-refractivity contribution in [3.05, 3.63) is 40.2 Å². The van der Waals surface area contributed by atoms with E-state index < -0.39 is 15.9 Å². The Morgan fingerprint density at radius 2 is 2.07 bits per heavy atom. The molecule has 2 N–H and O–H groups in total. The van der Waals surface area contributed by atoms with Gasteiger partial charge >= 0.3 is 0 Å². The molecule has 0 bridgehead atoms. The van der Waals surface area contributed by atoms with E-state index in [2.05, 4.69) is 15.5 Å². The van der Waals surface area contributed by atoms with Crippen molar-refractivity contribution >= 4 is 33.2 Å². The molecule has 1 aliphatic heterocycles. The maximum absolute atomic E-state index is 13.0. The molecule has 0 saturated carbocycles. The molecule has 1 amide bonds. The first-order valence-electron chi connectivity index (χ1n) is 8.79. The second-order valence-corrected chi connectivity index (χ2v) is 9.20. The summed E-state index contributed by atoms with van der Waals surface area (Å²) in [6.45, 7) is 5.77. The molecule has 0 aliphatic carbocycles. The van der Waals surface area contributed by atoms with Crippen molar-refractivity contribution < 1.29 is 13.2 Å². The van der Waals surface area contributed by atoms with Gasteiger partial charge in [-0.15, -0.1) is 0 Å². The molecular weight excluding hydrogens is 388 g/mol. The van der Waals surface area contributed by atoms with Crippen molar-refractivity contribution in [2.45, 2.75) is 38.5 Å². The van der Waals surface area contributed by atoms with Crippen LogP contribution in [-0.2, 0) is 14.8 Å². The summed E-state index contributed by atoms with van der Waals surface area (Å²) in [4.78, 5) is 12.9. The van der Waals surface area contributed by atoms with Crippen molar-refractivity contribution in [3.63, 3.8) is 0 Å². The third-order valence-corrected chi connectivity index (χ3v) is 7.39. The second kappa shape index (κ2) is 7.61. The minimum atomic E-state index is -3.69. The van der Waals surface area contributed by atoms with Gasteiger partial charge in [0, 0.05) is 23.8 Å². The average Bonchev–Trinajstić information content (AvgIpc) is 2.97. The van der Waals surface area contributed by atoms with Crippen LogP contribution in [0.4, 0.5) is 5.69 Å². The predicted octanol–water partition coefficient (Wildman–Crippen LogP) is 3.03. The molecule has 2 heterocycles. The van der Waals surface area contributed by atoms with E-state index in [0.717, 1.165) is 5.56 Å². The Morgan fingerprint density at radius 1 is 1.33 bits per heavy atom. The molecule has 7 nitrogen and oxygen atoms in total. The Bertz CT molecular complexity index is 951. The first-order chi connectivity index (χ1) is 12.7. The third kappa shape index (κ3) is 4.02. The molecule has 1 saturated heterocycles. The zero-order valence-corrected chi connectivity index (χ0v) is 17.1. The second-order valence-electron chi connectivity index (χ2n) is 6.92. The van der Waals surface area contributed by atoms with Gasteiger partial charge in [-0.3, -0.25) is 9.89 Å². The zero-order valence-electron chi connectivity index (χ0n) is 15.5. The molecule has 0 radical (unpaired) electrons. The molecule has 9 heteroatoms. The molecule has 3 rings (SSSR count). The first kappa shape index (κ1) is 19.9. The summed E-state index contributed by atoms with van der Waals surface area (Å²) in [6, 6.07) is 5.32. The summed E-state index contributed by atoms with van der Waals surface area (Å²) in [5.41, 5.74) is 2.48. The number of nitrogens with zero attached hydrogens (tertiary/aromatic N) is 2. The summed E-state index contributed by atoms with van der Waals surface area (Å²) >= 11 is 6.11. The number of anilines is 1. The van der Waals surface area contributed by atoms with Crippen LogP contribution >= 0.6 is 11.6 Å². The highest BCUT2D eigenvalue weighted by Crippen LogP contribution is 2.28. The Morgan fingerprint density at radius 3 is 2.70 bits per heavy atom. The fraction of sp³-hybridized carbons (Fsp3) is 0.444. The lowest BCUT2D eigenvalue weighted by molar-refractivity contribution is -0.120. The SMILES string of the molecule is Cc1ccc(NC(=O)[C@H]2CCCN(S(=O)(=O)c3c(C)n[nH]c3C)C2)cc1Cl. The maximum atomic E-state index is 13.0. The summed E-state index contributed by atoms with van der Waals surface area (Å²) in [7, 11) is -3.69. The molecule has 1 fully saturated rings. The number of hydrogen-bond acceptors (Lipinski definition) is 4. The molecule has 0 spiro atoms. The minimum Gasteiger partial charge on any atom is -0.326 e. The van der Waals surface area contributed by atoms with E-state index in [1.807, 2.05) is 13.0 Å². The van der Waals surface area contributed by atoms with E-state index in [4.69, 9.17) is 11.6 Å². The lowest BCUT2D eigenvalue weighted by atomic mass is 9.98. The van der Waals surface area contributed by atoms with E-state index in [1.54, 1.807) is 26.0 Å². The van der Waals surface area contributed by atoms with Gasteiger partial charge in [0.2, 0.25) is 15.9 Å². The largest absolute Gasteiger partial charge is 0.326 e. The molecule has 2 aromatic rings. The van der Waals surface area contributed by atoms with Gasteiger partial charge in [0.1, 0.15) is 4.90 Å². The Labute approximate surface area is 164 Å². The van der Waals surface area contributed by atoms with Crippen molar-refractivity contribution in [2.75, 3.05) is 18.4 Å². The van der Waals surface area contributed by atoms with Gasteiger partial charge in [0.15, 0.2) is 0 Å². The standard InChI is InChI=1S/C18H23ClN4O3S/c1-11-6-7-15(9-16(11)19)20-18(24)14-5-4-8-23(10-14)27(25,26)17-12(2)21-22-13(17)3/h6-7,9,14H,4-5,8,10H2,1-3H3,(H,20,24)(H,21,22)/t14-/m0/s1. The summed E-state index contributed by atoms with van der Waals surface area (Å²) in [5, 5.41) is 10.1. The number of carbonyl (C=O) groups excluding carboxylic acids is 1. The van der Waals surface area contributed by atoms with Crippen LogP contribution in [0.25, 0.3) is 0 Å². The van der Waals surface area contributed by atoms with E-state index in [1.165, 1.54) is 4.31 Å². The van der Waals surface area contributed by atoms with Crippen molar-refractivity contribution in [1.82, 2.24) is 14.5 Å². The molecule has 0 unspecified atom stereocenters. The number of carbonyl (C=O) groups is 1. The van der Waals surface area contributed by atoms with Gasteiger partial charge in [-0.05, 0) is 51.3 Å². The van der Waals surface area contributed by atoms with Crippen LogP contribution in [0.15, 0.2) is 23.1 Å². The lowest BCUT2D eigenvalue weighted by Crippen LogP contribution is -2.43. The van der Waals surface area contributed by atoms with Gasteiger partial charge in [-0.1, -0.05) is 17.7 Å². The normalized spacial score (nSPS) is 18.4. The maximum Gasteiger partial charge on any atom is 0.246 e. The summed E-state index contributed by atoms with van der Waals surface area (Å²) in [6.07, 6.45) is 1.27. The number of piperidine rings is 1. The van der Waals surface area contributed by atoms with Crippen molar-refractivity contribution in [3.8, 4) is 0 Å². The summed E-state index contributed by atoms with van der Waals surface area (Å²) in [5.74, 6) is -0.614. The average molecular weight is 411 g/mol. The lowest BCUT2D eigenvalue weighted by Gasteiger charge is -2.31. The van der Waals surface area contributed by atoms with Crippen molar-refractivity contribution in [2.24, 2.45) is 5.92 Å². The van der Waals surface area contributed by atoms with Gasteiger partial charge < -0.3 is 5.32 Å². The van der Waals surface area contributed by atoms with Gasteiger partial charge in [-0.2, -0.15) is 9.40 Å². The molecule has 1 atom stereocenters. The Balaban J connectivity index is 1.75. The Hall–Kier alpha value is -1.90. The zero-order chi connectivity index (χ0) is 19.8. The number of nitrogens with one attached hydrogen (secondary N) is 2. The number of halogens is 1. The fourth-order valence-electron chi connectivity index (χ4n) is 3.34. The van der Waals surface area contributed by atoms with Crippen LogP contribution < -0.4 is 5.32 Å². The predicted molar refractivity (Wildman–Crippen MR) is 104 cm³/mol. The van der Waals surface area contributed by atoms with E-state index in [0.29, 0.717) is 41.5 Å². The number of amides is 1. The Kier molecular flexibility index (Phi) is 5.60. The van der Waals surface area contributed by atoms with Gasteiger partial charge in [0.05, 0.1) is 17.3 Å². The number of sulfonamides is 1. The van der Waals surface area contributed by atoms with Crippen LogP contribution in [0.3, 0.4) is 0 Å². The molecule has 27 heavy (non-hydrogen) atoms. The van der Waals surface area contributed by atoms with Crippen LogP contribution in [0.1, 0.15) is 29.8 Å². The quantitative estimate of drug-likeness (QED) is 0.809. The summed E-state index contributed by atoms with van der Waals surface area (Å²) < 4.78 is 27.4. The topological polar surface area (TPSA) is 95.2 Å². The highest BCUT2D eigenvalue weighted by molar-refractivity contribution is 7.89. The van der Waals surface area contributed by atoms with Crippen LogP contribution in [0, 0.1) is 26.7 Å². The third-order valence-electron chi connectivity index (χ3n) is 4.85. The number of H-pyrrole nitrogens is 1. The van der Waals surface area contributed by atoms with Crippen LogP contribution in [0.5, 0.6) is 0 Å². The number of benzene rings is 1. The van der Waals surface area contributed by atoms with E-state index >= 15 is 0 Å².